The fourth-order valence-corrected chi connectivity index (χ4v) is 1.08. The maximum Gasteiger partial charge on any atom is 0.312 e. The molecule has 4 heteroatoms. The Labute approximate surface area is 69.2 Å². The number of ether oxygens (including phenoxy) is 1. The molecule has 1 aliphatic rings. The zero-order valence-corrected chi connectivity index (χ0v) is 6.50. The second-order valence-corrected chi connectivity index (χ2v) is 2.63. The molecule has 0 aromatic rings. The summed E-state index contributed by atoms with van der Waals surface area (Å²) in [6.45, 7) is -0.789. The number of alkyl halides is 2. The van der Waals surface area contributed by atoms with Crippen LogP contribution in [-0.4, -0.2) is 19.0 Å². The Morgan fingerprint density at radius 1 is 1.67 bits per heavy atom. The lowest BCUT2D eigenvalue weighted by atomic mass is 10.1. The molecule has 0 unspecified atom stereocenters. The van der Waals surface area contributed by atoms with Crippen molar-refractivity contribution >= 4 is 5.97 Å². The highest BCUT2D eigenvalue weighted by atomic mass is 19.3. The maximum atomic E-state index is 11.6. The fraction of sp³-hybridized carbons (Fsp3) is 0.625. The van der Waals surface area contributed by atoms with Crippen molar-refractivity contribution in [1.82, 2.24) is 0 Å². The zero-order chi connectivity index (χ0) is 8.97. The van der Waals surface area contributed by atoms with Crippen molar-refractivity contribution in [2.24, 2.45) is 5.92 Å². The molecule has 0 heterocycles. The topological polar surface area (TPSA) is 26.3 Å². The van der Waals surface area contributed by atoms with Crippen molar-refractivity contribution in [3.63, 3.8) is 0 Å². The number of carbonyl (C=O) groups is 1. The molecule has 0 saturated carbocycles. The molecular formula is C8H10F2O2. The van der Waals surface area contributed by atoms with Crippen LogP contribution < -0.4 is 0 Å². The summed E-state index contributed by atoms with van der Waals surface area (Å²) in [5.74, 6) is -0.840. The Bertz CT molecular complexity index is 189. The van der Waals surface area contributed by atoms with E-state index in [1.165, 1.54) is 0 Å². The van der Waals surface area contributed by atoms with Gasteiger partial charge in [-0.15, -0.1) is 0 Å². The molecule has 0 aliphatic heterocycles. The van der Waals surface area contributed by atoms with E-state index < -0.39 is 19.0 Å². The number of allylic oxidation sites excluding steroid dienone is 1. The SMILES string of the molecule is O=C(OCC(F)F)[C@@H]1C=CCC1. The molecule has 0 spiro atoms. The molecule has 0 saturated heterocycles. The average molecular weight is 176 g/mol. The first-order valence-corrected chi connectivity index (χ1v) is 3.81. The van der Waals surface area contributed by atoms with E-state index in [0.717, 1.165) is 6.42 Å². The van der Waals surface area contributed by atoms with Gasteiger partial charge in [0.05, 0.1) is 5.92 Å². The van der Waals surface area contributed by atoms with Gasteiger partial charge >= 0.3 is 5.97 Å². The highest BCUT2D eigenvalue weighted by molar-refractivity contribution is 5.74. The number of esters is 1. The molecule has 0 N–H and O–H groups in total. The van der Waals surface area contributed by atoms with Gasteiger partial charge in [0.2, 0.25) is 0 Å². The predicted octanol–water partition coefficient (Wildman–Crippen LogP) is 1.76. The van der Waals surface area contributed by atoms with Crippen molar-refractivity contribution in [1.29, 1.82) is 0 Å². The van der Waals surface area contributed by atoms with E-state index >= 15 is 0 Å². The van der Waals surface area contributed by atoms with E-state index in [4.69, 9.17) is 0 Å². The highest BCUT2D eigenvalue weighted by Crippen LogP contribution is 2.18. The Morgan fingerprint density at radius 3 is 2.92 bits per heavy atom. The lowest BCUT2D eigenvalue weighted by molar-refractivity contribution is -0.150. The molecular weight excluding hydrogens is 166 g/mol. The van der Waals surface area contributed by atoms with Gasteiger partial charge in [0, 0.05) is 0 Å². The lowest BCUT2D eigenvalue weighted by Crippen LogP contribution is -2.17. The molecule has 1 aliphatic carbocycles. The number of carbonyl (C=O) groups excluding carboxylic acids is 1. The monoisotopic (exact) mass is 176 g/mol. The molecule has 0 aromatic heterocycles. The van der Waals surface area contributed by atoms with E-state index in [2.05, 4.69) is 4.74 Å². The molecule has 1 atom stereocenters. The zero-order valence-electron chi connectivity index (χ0n) is 6.50. The maximum absolute atomic E-state index is 11.6. The van der Waals surface area contributed by atoms with Crippen LogP contribution in [0.2, 0.25) is 0 Å². The van der Waals surface area contributed by atoms with Gasteiger partial charge in [0.15, 0.2) is 6.61 Å². The Morgan fingerprint density at radius 2 is 2.42 bits per heavy atom. The quantitative estimate of drug-likeness (QED) is 0.483. The van der Waals surface area contributed by atoms with E-state index in [9.17, 15) is 13.6 Å². The third-order valence-corrected chi connectivity index (χ3v) is 1.67. The second-order valence-electron chi connectivity index (χ2n) is 2.63. The summed E-state index contributed by atoms with van der Waals surface area (Å²) in [4.78, 5) is 10.9. The molecule has 0 radical (unpaired) electrons. The van der Waals surface area contributed by atoms with Gasteiger partial charge < -0.3 is 4.74 Å². The molecule has 0 amide bonds. The summed E-state index contributed by atoms with van der Waals surface area (Å²) < 4.78 is 27.5. The van der Waals surface area contributed by atoms with Crippen LogP contribution in [0.25, 0.3) is 0 Å². The minimum absolute atomic E-state index is 0.302. The molecule has 12 heavy (non-hydrogen) atoms. The van der Waals surface area contributed by atoms with E-state index in [1.807, 2.05) is 6.08 Å². The van der Waals surface area contributed by atoms with Gasteiger partial charge in [-0.25, -0.2) is 8.78 Å². The van der Waals surface area contributed by atoms with Crippen LogP contribution in [0.4, 0.5) is 8.78 Å². The van der Waals surface area contributed by atoms with E-state index in [-0.39, 0.29) is 5.92 Å². The minimum Gasteiger partial charge on any atom is -0.459 e. The van der Waals surface area contributed by atoms with Crippen molar-refractivity contribution in [3.05, 3.63) is 12.2 Å². The molecule has 2 nitrogen and oxygen atoms in total. The first kappa shape index (κ1) is 9.16. The third kappa shape index (κ3) is 2.60. The van der Waals surface area contributed by atoms with Crippen LogP contribution in [-0.2, 0) is 9.53 Å². The Kier molecular flexibility index (Phi) is 3.19. The van der Waals surface area contributed by atoms with Gasteiger partial charge in [-0.1, -0.05) is 12.2 Å². The standard InChI is InChI=1S/C8H10F2O2/c9-7(10)5-12-8(11)6-3-1-2-4-6/h1,3,6-7H,2,4-5H2/t6-/m1/s1. The number of hydrogen-bond donors (Lipinski definition) is 0. The van der Waals surface area contributed by atoms with Crippen molar-refractivity contribution in [2.75, 3.05) is 6.61 Å². The fourth-order valence-electron chi connectivity index (χ4n) is 1.08. The van der Waals surface area contributed by atoms with Crippen LogP contribution >= 0.6 is 0 Å². The number of hydrogen-bond acceptors (Lipinski definition) is 2. The molecule has 0 fully saturated rings. The van der Waals surface area contributed by atoms with Gasteiger partial charge in [0.1, 0.15) is 0 Å². The Balaban J connectivity index is 2.23. The minimum atomic E-state index is -2.57. The largest absolute Gasteiger partial charge is 0.459 e. The van der Waals surface area contributed by atoms with E-state index in [0.29, 0.717) is 6.42 Å². The van der Waals surface area contributed by atoms with Crippen molar-refractivity contribution in [2.45, 2.75) is 19.3 Å². The molecule has 1 rings (SSSR count). The summed E-state index contributed by atoms with van der Waals surface area (Å²) in [6.07, 6.45) is 2.50. The number of rotatable bonds is 3. The lowest BCUT2D eigenvalue weighted by Gasteiger charge is -2.07. The van der Waals surface area contributed by atoms with Gasteiger partial charge in [-0.2, -0.15) is 0 Å². The van der Waals surface area contributed by atoms with Crippen molar-refractivity contribution in [3.8, 4) is 0 Å². The van der Waals surface area contributed by atoms with Crippen LogP contribution in [0.15, 0.2) is 12.2 Å². The average Bonchev–Trinajstić information content (AvgIpc) is 2.51. The third-order valence-electron chi connectivity index (χ3n) is 1.67. The highest BCUT2D eigenvalue weighted by Gasteiger charge is 2.20. The normalized spacial score (nSPS) is 21.8. The summed E-state index contributed by atoms with van der Waals surface area (Å²) in [6, 6.07) is 0. The van der Waals surface area contributed by atoms with Gasteiger partial charge in [-0.3, -0.25) is 4.79 Å². The van der Waals surface area contributed by atoms with Gasteiger partial charge in [-0.05, 0) is 12.8 Å². The summed E-state index contributed by atoms with van der Waals surface area (Å²) in [5, 5.41) is 0. The van der Waals surface area contributed by atoms with Gasteiger partial charge in [0.25, 0.3) is 6.43 Å². The number of halogens is 2. The summed E-state index contributed by atoms with van der Waals surface area (Å²) in [5.41, 5.74) is 0. The first-order valence-electron chi connectivity index (χ1n) is 3.81. The second kappa shape index (κ2) is 4.18. The summed E-state index contributed by atoms with van der Waals surface area (Å²) >= 11 is 0. The van der Waals surface area contributed by atoms with Crippen LogP contribution in [0.1, 0.15) is 12.8 Å². The molecule has 0 bridgehead atoms. The Hall–Kier alpha value is -0.930. The molecule has 68 valence electrons. The van der Waals surface area contributed by atoms with Crippen LogP contribution in [0.3, 0.4) is 0 Å². The van der Waals surface area contributed by atoms with Crippen LogP contribution in [0, 0.1) is 5.92 Å². The van der Waals surface area contributed by atoms with Crippen LogP contribution in [0.5, 0.6) is 0 Å². The smallest absolute Gasteiger partial charge is 0.312 e. The molecule has 0 aromatic carbocycles. The first-order chi connectivity index (χ1) is 5.70. The summed E-state index contributed by atoms with van der Waals surface area (Å²) in [7, 11) is 0. The van der Waals surface area contributed by atoms with Crippen molar-refractivity contribution < 1.29 is 18.3 Å². The predicted molar refractivity (Wildman–Crippen MR) is 38.8 cm³/mol. The van der Waals surface area contributed by atoms with E-state index in [1.54, 1.807) is 6.08 Å².